The van der Waals surface area contributed by atoms with Crippen LogP contribution in [0.4, 0.5) is 0 Å². The first kappa shape index (κ1) is 17.3. The average Bonchev–Trinajstić information content (AvgIpc) is 2.34. The quantitative estimate of drug-likeness (QED) is 0.809. The van der Waals surface area contributed by atoms with Gasteiger partial charge in [0.25, 0.3) is 0 Å². The summed E-state index contributed by atoms with van der Waals surface area (Å²) in [6.07, 6.45) is -0.519. The summed E-state index contributed by atoms with van der Waals surface area (Å²) in [5.41, 5.74) is 2.06. The van der Waals surface area contributed by atoms with Crippen LogP contribution in [0.2, 0.25) is 5.02 Å². The fourth-order valence-corrected chi connectivity index (χ4v) is 2.32. The highest BCUT2D eigenvalue weighted by Crippen LogP contribution is 2.31. The van der Waals surface area contributed by atoms with E-state index in [1.807, 2.05) is 32.9 Å². The lowest BCUT2D eigenvalue weighted by Crippen LogP contribution is -2.35. The SMILES string of the molecule is Cc1cc(Cl)c(C(C)C)cc1OCC(O)CNC(C)C. The van der Waals surface area contributed by atoms with Gasteiger partial charge < -0.3 is 15.2 Å². The first-order valence-corrected chi connectivity index (χ1v) is 7.53. The van der Waals surface area contributed by atoms with Crippen molar-refractivity contribution in [2.75, 3.05) is 13.2 Å². The maximum atomic E-state index is 9.87. The first-order valence-electron chi connectivity index (χ1n) is 7.15. The molecule has 0 saturated carbocycles. The van der Waals surface area contributed by atoms with E-state index in [9.17, 15) is 5.11 Å². The van der Waals surface area contributed by atoms with Crippen molar-refractivity contribution < 1.29 is 9.84 Å². The molecule has 0 radical (unpaired) electrons. The molecular weight excluding hydrogens is 274 g/mol. The fourth-order valence-electron chi connectivity index (χ4n) is 1.88. The van der Waals surface area contributed by atoms with E-state index in [1.54, 1.807) is 0 Å². The molecule has 1 unspecified atom stereocenters. The minimum absolute atomic E-state index is 0.278. The molecule has 0 amide bonds. The Labute approximate surface area is 127 Å². The Morgan fingerprint density at radius 3 is 2.45 bits per heavy atom. The van der Waals surface area contributed by atoms with Gasteiger partial charge in [-0.2, -0.15) is 0 Å². The molecule has 20 heavy (non-hydrogen) atoms. The van der Waals surface area contributed by atoms with E-state index in [1.165, 1.54) is 0 Å². The Balaban J connectivity index is 2.65. The molecule has 1 atom stereocenters. The van der Waals surface area contributed by atoms with Gasteiger partial charge in [-0.3, -0.25) is 0 Å². The summed E-state index contributed by atoms with van der Waals surface area (Å²) in [6, 6.07) is 4.25. The predicted octanol–water partition coefficient (Wildman–Crippen LogP) is 3.51. The van der Waals surface area contributed by atoms with Gasteiger partial charge in [-0.1, -0.05) is 39.3 Å². The number of rotatable bonds is 7. The average molecular weight is 300 g/mol. The maximum absolute atomic E-state index is 9.87. The molecule has 0 aromatic heterocycles. The standard InChI is InChI=1S/C16H26ClNO2/c1-10(2)14-7-16(12(5)6-15(14)17)20-9-13(19)8-18-11(3)4/h6-7,10-11,13,18-19H,8-9H2,1-5H3. The van der Waals surface area contributed by atoms with Crippen LogP contribution < -0.4 is 10.1 Å². The zero-order valence-corrected chi connectivity index (χ0v) is 13.8. The van der Waals surface area contributed by atoms with Crippen LogP contribution in [-0.2, 0) is 0 Å². The normalized spacial score (nSPS) is 13.1. The van der Waals surface area contributed by atoms with Crippen LogP contribution in [0.25, 0.3) is 0 Å². The van der Waals surface area contributed by atoms with E-state index in [0.29, 0.717) is 18.5 Å². The van der Waals surface area contributed by atoms with Crippen LogP contribution in [0.1, 0.15) is 44.7 Å². The Morgan fingerprint density at radius 1 is 1.25 bits per heavy atom. The van der Waals surface area contributed by atoms with E-state index >= 15 is 0 Å². The van der Waals surface area contributed by atoms with Crippen molar-refractivity contribution in [1.82, 2.24) is 5.32 Å². The number of aliphatic hydroxyl groups is 1. The molecule has 1 rings (SSSR count). The summed E-state index contributed by atoms with van der Waals surface area (Å²) in [5, 5.41) is 13.8. The number of halogens is 1. The van der Waals surface area contributed by atoms with Gasteiger partial charge in [-0.25, -0.2) is 0 Å². The third kappa shape index (κ3) is 5.31. The van der Waals surface area contributed by atoms with Crippen LogP contribution in [0.3, 0.4) is 0 Å². The van der Waals surface area contributed by atoms with Gasteiger partial charge in [0.05, 0.1) is 0 Å². The molecule has 0 bridgehead atoms. The summed E-state index contributed by atoms with van der Waals surface area (Å²) in [7, 11) is 0. The second-order valence-electron chi connectivity index (χ2n) is 5.82. The van der Waals surface area contributed by atoms with Gasteiger partial charge in [0, 0.05) is 17.6 Å². The first-order chi connectivity index (χ1) is 9.31. The van der Waals surface area contributed by atoms with E-state index in [4.69, 9.17) is 16.3 Å². The number of aryl methyl sites for hydroxylation is 1. The molecule has 0 heterocycles. The van der Waals surface area contributed by atoms with Crippen molar-refractivity contribution in [3.05, 3.63) is 28.3 Å². The second-order valence-corrected chi connectivity index (χ2v) is 6.23. The van der Waals surface area contributed by atoms with Gasteiger partial charge in [-0.05, 0) is 36.1 Å². The van der Waals surface area contributed by atoms with E-state index in [0.717, 1.165) is 21.9 Å². The van der Waals surface area contributed by atoms with Crippen LogP contribution >= 0.6 is 11.6 Å². The molecule has 1 aromatic rings. The summed E-state index contributed by atoms with van der Waals surface area (Å²) < 4.78 is 5.73. The monoisotopic (exact) mass is 299 g/mol. The van der Waals surface area contributed by atoms with E-state index < -0.39 is 6.10 Å². The van der Waals surface area contributed by atoms with Crippen molar-refractivity contribution in [1.29, 1.82) is 0 Å². The number of nitrogens with one attached hydrogen (secondary N) is 1. The largest absolute Gasteiger partial charge is 0.491 e. The van der Waals surface area contributed by atoms with Crippen LogP contribution in [0.5, 0.6) is 5.75 Å². The number of ether oxygens (including phenoxy) is 1. The number of hydrogen-bond donors (Lipinski definition) is 2. The lowest BCUT2D eigenvalue weighted by atomic mass is 10.0. The third-order valence-electron chi connectivity index (χ3n) is 3.11. The number of aliphatic hydroxyl groups excluding tert-OH is 1. The second kappa shape index (κ2) is 7.87. The van der Waals surface area contributed by atoms with E-state index in [2.05, 4.69) is 19.2 Å². The minimum atomic E-state index is -0.519. The molecule has 0 fully saturated rings. The molecule has 1 aromatic carbocycles. The molecule has 0 spiro atoms. The molecule has 0 aliphatic heterocycles. The van der Waals surface area contributed by atoms with Crippen LogP contribution in [-0.4, -0.2) is 30.4 Å². The molecule has 4 heteroatoms. The number of hydrogen-bond acceptors (Lipinski definition) is 3. The zero-order valence-electron chi connectivity index (χ0n) is 13.0. The molecule has 0 aliphatic rings. The van der Waals surface area contributed by atoms with Crippen molar-refractivity contribution in [3.63, 3.8) is 0 Å². The van der Waals surface area contributed by atoms with Crippen LogP contribution in [0.15, 0.2) is 12.1 Å². The van der Waals surface area contributed by atoms with Crippen molar-refractivity contribution >= 4 is 11.6 Å². The molecule has 0 aliphatic carbocycles. The van der Waals surface area contributed by atoms with Crippen LogP contribution in [0, 0.1) is 6.92 Å². The summed E-state index contributed by atoms with van der Waals surface area (Å²) in [4.78, 5) is 0. The Kier molecular flexibility index (Phi) is 6.80. The van der Waals surface area contributed by atoms with Crippen molar-refractivity contribution in [2.45, 2.75) is 52.7 Å². The van der Waals surface area contributed by atoms with E-state index in [-0.39, 0.29) is 6.61 Å². The van der Waals surface area contributed by atoms with Gasteiger partial charge in [0.15, 0.2) is 0 Å². The fraction of sp³-hybridized carbons (Fsp3) is 0.625. The highest BCUT2D eigenvalue weighted by atomic mass is 35.5. The lowest BCUT2D eigenvalue weighted by Gasteiger charge is -2.18. The predicted molar refractivity (Wildman–Crippen MR) is 84.9 cm³/mol. The van der Waals surface area contributed by atoms with Gasteiger partial charge in [-0.15, -0.1) is 0 Å². The molecule has 0 saturated heterocycles. The molecular formula is C16H26ClNO2. The Hall–Kier alpha value is -0.770. The smallest absolute Gasteiger partial charge is 0.122 e. The van der Waals surface area contributed by atoms with Crippen molar-refractivity contribution in [3.8, 4) is 5.75 Å². The molecule has 114 valence electrons. The topological polar surface area (TPSA) is 41.5 Å². The molecule has 3 nitrogen and oxygen atoms in total. The summed E-state index contributed by atoms with van der Waals surface area (Å²) >= 11 is 6.23. The lowest BCUT2D eigenvalue weighted by molar-refractivity contribution is 0.104. The zero-order chi connectivity index (χ0) is 15.3. The Bertz CT molecular complexity index is 433. The van der Waals surface area contributed by atoms with Crippen molar-refractivity contribution in [2.24, 2.45) is 0 Å². The number of benzene rings is 1. The highest BCUT2D eigenvalue weighted by molar-refractivity contribution is 6.31. The van der Waals surface area contributed by atoms with Gasteiger partial charge in [0.1, 0.15) is 18.5 Å². The minimum Gasteiger partial charge on any atom is -0.491 e. The third-order valence-corrected chi connectivity index (χ3v) is 3.44. The van der Waals surface area contributed by atoms with Gasteiger partial charge in [0.2, 0.25) is 0 Å². The highest BCUT2D eigenvalue weighted by Gasteiger charge is 2.12. The maximum Gasteiger partial charge on any atom is 0.122 e. The molecule has 2 N–H and O–H groups in total. The summed E-state index contributed by atoms with van der Waals surface area (Å²) in [5.74, 6) is 1.14. The summed E-state index contributed by atoms with van der Waals surface area (Å²) in [6.45, 7) is 11.1. The van der Waals surface area contributed by atoms with Gasteiger partial charge >= 0.3 is 0 Å². The Morgan fingerprint density at radius 2 is 1.90 bits per heavy atom.